The van der Waals surface area contributed by atoms with Gasteiger partial charge in [-0.1, -0.05) is 6.42 Å². The Morgan fingerprint density at radius 2 is 1.76 bits per heavy atom. The van der Waals surface area contributed by atoms with Crippen molar-refractivity contribution in [2.75, 3.05) is 31.1 Å². The van der Waals surface area contributed by atoms with Crippen molar-refractivity contribution in [3.63, 3.8) is 0 Å². The molecule has 2 aromatic rings. The first-order valence-electron chi connectivity index (χ1n) is 9.39. The third kappa shape index (κ3) is 3.66. The van der Waals surface area contributed by atoms with Gasteiger partial charge in [0.25, 0.3) is 0 Å². The van der Waals surface area contributed by atoms with E-state index in [-0.39, 0.29) is 0 Å². The molecule has 1 saturated heterocycles. The molecule has 7 heteroatoms. The molecule has 0 N–H and O–H groups in total. The number of hydrogen-bond donors (Lipinski definition) is 0. The number of aromatic nitrogens is 5. The quantitative estimate of drug-likeness (QED) is 0.847. The molecule has 0 atom stereocenters. The van der Waals surface area contributed by atoms with Gasteiger partial charge in [-0.3, -0.25) is 4.90 Å². The Labute approximate surface area is 149 Å². The fraction of sp³-hybridized carbons (Fsp3) is 0.667. The molecule has 0 aromatic carbocycles. The lowest BCUT2D eigenvalue weighted by molar-refractivity contribution is 0.239. The van der Waals surface area contributed by atoms with E-state index in [4.69, 9.17) is 0 Å². The SMILES string of the molecule is Cc1cc(N2CCN(Cc3nnc4n3CCCCC4)CC2)nc(C)n1. The summed E-state index contributed by atoms with van der Waals surface area (Å²) in [6.45, 7) is 10.0. The van der Waals surface area contributed by atoms with Crippen molar-refractivity contribution in [3.8, 4) is 0 Å². The van der Waals surface area contributed by atoms with Gasteiger partial charge in [0.15, 0.2) is 0 Å². The highest BCUT2D eigenvalue weighted by Gasteiger charge is 2.22. The lowest BCUT2D eigenvalue weighted by atomic mass is 10.2. The van der Waals surface area contributed by atoms with E-state index in [1.165, 1.54) is 25.1 Å². The summed E-state index contributed by atoms with van der Waals surface area (Å²) in [5.41, 5.74) is 1.04. The van der Waals surface area contributed by atoms with Crippen LogP contribution in [0.4, 0.5) is 5.82 Å². The minimum Gasteiger partial charge on any atom is -0.354 e. The molecule has 0 amide bonds. The van der Waals surface area contributed by atoms with Gasteiger partial charge in [-0.25, -0.2) is 9.97 Å². The molecule has 25 heavy (non-hydrogen) atoms. The van der Waals surface area contributed by atoms with Gasteiger partial charge in [0.05, 0.1) is 6.54 Å². The Kier molecular flexibility index (Phi) is 4.65. The third-order valence-electron chi connectivity index (χ3n) is 5.20. The largest absolute Gasteiger partial charge is 0.354 e. The zero-order valence-corrected chi connectivity index (χ0v) is 15.3. The maximum absolute atomic E-state index is 4.60. The van der Waals surface area contributed by atoms with Crippen LogP contribution in [0, 0.1) is 13.8 Å². The first-order valence-corrected chi connectivity index (χ1v) is 9.39. The molecular formula is C18H27N7. The maximum Gasteiger partial charge on any atom is 0.147 e. The van der Waals surface area contributed by atoms with Crippen LogP contribution in [0.15, 0.2) is 6.07 Å². The smallest absolute Gasteiger partial charge is 0.147 e. The maximum atomic E-state index is 4.60. The second-order valence-corrected chi connectivity index (χ2v) is 7.17. The minimum atomic E-state index is 0.851. The van der Waals surface area contributed by atoms with Gasteiger partial charge >= 0.3 is 0 Å². The highest BCUT2D eigenvalue weighted by atomic mass is 15.3. The van der Waals surface area contributed by atoms with E-state index in [9.17, 15) is 0 Å². The van der Waals surface area contributed by atoms with Crippen LogP contribution in [0.25, 0.3) is 0 Å². The molecule has 4 heterocycles. The fourth-order valence-electron chi connectivity index (χ4n) is 3.86. The van der Waals surface area contributed by atoms with Crippen LogP contribution in [0.1, 0.15) is 42.4 Å². The normalized spacial score (nSPS) is 18.9. The van der Waals surface area contributed by atoms with E-state index in [1.807, 2.05) is 13.8 Å². The number of rotatable bonds is 3. The van der Waals surface area contributed by atoms with Gasteiger partial charge < -0.3 is 9.47 Å². The number of hydrogen-bond acceptors (Lipinski definition) is 6. The van der Waals surface area contributed by atoms with Crippen LogP contribution >= 0.6 is 0 Å². The molecule has 134 valence electrons. The molecule has 0 spiro atoms. The number of anilines is 1. The summed E-state index contributed by atoms with van der Waals surface area (Å²) in [5, 5.41) is 8.89. The number of fused-ring (bicyclic) bond motifs is 1. The van der Waals surface area contributed by atoms with E-state index in [0.29, 0.717) is 0 Å². The van der Waals surface area contributed by atoms with E-state index < -0.39 is 0 Å². The number of nitrogens with zero attached hydrogens (tertiary/aromatic N) is 7. The summed E-state index contributed by atoms with van der Waals surface area (Å²) >= 11 is 0. The lowest BCUT2D eigenvalue weighted by Gasteiger charge is -2.35. The molecule has 0 saturated carbocycles. The van der Waals surface area contributed by atoms with Crippen molar-refractivity contribution < 1.29 is 0 Å². The van der Waals surface area contributed by atoms with Gasteiger partial charge in [0.2, 0.25) is 0 Å². The van der Waals surface area contributed by atoms with E-state index in [2.05, 4.69) is 40.6 Å². The van der Waals surface area contributed by atoms with Crippen molar-refractivity contribution in [3.05, 3.63) is 29.2 Å². The van der Waals surface area contributed by atoms with E-state index >= 15 is 0 Å². The molecular weight excluding hydrogens is 314 g/mol. The molecule has 1 fully saturated rings. The van der Waals surface area contributed by atoms with Gasteiger partial charge in [-0.15, -0.1) is 10.2 Å². The predicted molar refractivity (Wildman–Crippen MR) is 96.6 cm³/mol. The van der Waals surface area contributed by atoms with E-state index in [1.54, 1.807) is 0 Å². The van der Waals surface area contributed by atoms with Gasteiger partial charge in [0, 0.05) is 50.9 Å². The molecule has 0 radical (unpaired) electrons. The Hall–Kier alpha value is -2.02. The summed E-state index contributed by atoms with van der Waals surface area (Å²) < 4.78 is 2.36. The van der Waals surface area contributed by atoms with Crippen LogP contribution in [-0.4, -0.2) is 55.8 Å². The molecule has 2 aliphatic heterocycles. The molecule has 2 aromatic heterocycles. The molecule has 0 aliphatic carbocycles. The van der Waals surface area contributed by atoms with Crippen LogP contribution in [0.2, 0.25) is 0 Å². The van der Waals surface area contributed by atoms with Crippen molar-refractivity contribution in [1.29, 1.82) is 0 Å². The first-order chi connectivity index (χ1) is 12.2. The van der Waals surface area contributed by atoms with Crippen molar-refractivity contribution in [2.24, 2.45) is 0 Å². The van der Waals surface area contributed by atoms with Crippen LogP contribution in [-0.2, 0) is 19.5 Å². The summed E-state index contributed by atoms with van der Waals surface area (Å²) in [6.07, 6.45) is 4.87. The average molecular weight is 341 g/mol. The highest BCUT2D eigenvalue weighted by molar-refractivity contribution is 5.40. The van der Waals surface area contributed by atoms with Crippen LogP contribution in [0.5, 0.6) is 0 Å². The number of aryl methyl sites for hydroxylation is 3. The zero-order chi connectivity index (χ0) is 17.2. The zero-order valence-electron chi connectivity index (χ0n) is 15.3. The second kappa shape index (κ2) is 7.07. The second-order valence-electron chi connectivity index (χ2n) is 7.17. The Balaban J connectivity index is 1.39. The summed E-state index contributed by atoms with van der Waals surface area (Å²) in [5.74, 6) is 4.22. The van der Waals surface area contributed by atoms with Crippen molar-refractivity contribution >= 4 is 5.82 Å². The Morgan fingerprint density at radius 3 is 2.56 bits per heavy atom. The average Bonchev–Trinajstić information content (AvgIpc) is 2.82. The molecule has 0 bridgehead atoms. The third-order valence-corrected chi connectivity index (χ3v) is 5.20. The summed E-state index contributed by atoms with van der Waals surface area (Å²) in [7, 11) is 0. The van der Waals surface area contributed by atoms with Crippen LogP contribution < -0.4 is 4.90 Å². The fourth-order valence-corrected chi connectivity index (χ4v) is 3.86. The van der Waals surface area contributed by atoms with Crippen molar-refractivity contribution in [1.82, 2.24) is 29.6 Å². The number of piperazine rings is 1. The van der Waals surface area contributed by atoms with Crippen LogP contribution in [0.3, 0.4) is 0 Å². The predicted octanol–water partition coefficient (Wildman–Crippen LogP) is 1.73. The standard InChI is InChI=1S/C18H27N7/c1-14-12-17(20-15(2)19-14)24-10-8-23(9-11-24)13-18-22-21-16-6-4-3-5-7-25(16)18/h12H,3-11,13H2,1-2H3. The summed E-state index contributed by atoms with van der Waals surface area (Å²) in [4.78, 5) is 13.8. The van der Waals surface area contributed by atoms with Gasteiger partial charge in [-0.05, 0) is 26.7 Å². The lowest BCUT2D eigenvalue weighted by Crippen LogP contribution is -2.46. The molecule has 0 unspecified atom stereocenters. The highest BCUT2D eigenvalue weighted by Crippen LogP contribution is 2.18. The van der Waals surface area contributed by atoms with Gasteiger partial charge in [0.1, 0.15) is 23.3 Å². The molecule has 2 aliphatic rings. The Morgan fingerprint density at radius 1 is 0.920 bits per heavy atom. The first kappa shape index (κ1) is 16.4. The van der Waals surface area contributed by atoms with Crippen molar-refractivity contribution in [2.45, 2.75) is 52.6 Å². The minimum absolute atomic E-state index is 0.851. The Bertz CT molecular complexity index is 711. The van der Waals surface area contributed by atoms with Gasteiger partial charge in [-0.2, -0.15) is 0 Å². The molecule has 7 nitrogen and oxygen atoms in total. The monoisotopic (exact) mass is 341 g/mol. The van der Waals surface area contributed by atoms with E-state index in [0.717, 1.165) is 68.8 Å². The molecule has 4 rings (SSSR count). The summed E-state index contributed by atoms with van der Waals surface area (Å²) in [6, 6.07) is 2.08. The topological polar surface area (TPSA) is 63.0 Å².